The largest absolute Gasteiger partial charge is 0.481 e. The van der Waals surface area contributed by atoms with E-state index in [1.54, 1.807) is 11.8 Å². The SMILES string of the molecule is CSc1cc(C)ccc1C(N)CCC(=O)O. The number of nitrogens with two attached hydrogens (primary N) is 1. The molecule has 3 N–H and O–H groups in total. The third kappa shape index (κ3) is 3.54. The molecule has 1 atom stereocenters. The van der Waals surface area contributed by atoms with Gasteiger partial charge in [-0.3, -0.25) is 4.79 Å². The van der Waals surface area contributed by atoms with Crippen molar-refractivity contribution in [3.8, 4) is 0 Å². The third-order valence-corrected chi connectivity index (χ3v) is 3.25. The Labute approximate surface area is 100 Å². The van der Waals surface area contributed by atoms with Crippen molar-refractivity contribution in [3.63, 3.8) is 0 Å². The summed E-state index contributed by atoms with van der Waals surface area (Å²) >= 11 is 1.64. The van der Waals surface area contributed by atoms with Crippen molar-refractivity contribution >= 4 is 17.7 Å². The van der Waals surface area contributed by atoms with E-state index in [1.807, 2.05) is 25.3 Å². The highest BCUT2D eigenvalue weighted by Gasteiger charge is 2.12. The molecule has 16 heavy (non-hydrogen) atoms. The number of benzene rings is 1. The van der Waals surface area contributed by atoms with Gasteiger partial charge in [-0.15, -0.1) is 11.8 Å². The van der Waals surface area contributed by atoms with Gasteiger partial charge in [0.1, 0.15) is 0 Å². The zero-order valence-corrected chi connectivity index (χ0v) is 10.4. The number of thioether (sulfide) groups is 1. The fraction of sp³-hybridized carbons (Fsp3) is 0.417. The van der Waals surface area contributed by atoms with Gasteiger partial charge in [-0.2, -0.15) is 0 Å². The zero-order chi connectivity index (χ0) is 12.1. The highest BCUT2D eigenvalue weighted by Crippen LogP contribution is 2.28. The molecule has 0 spiro atoms. The Morgan fingerprint density at radius 2 is 2.25 bits per heavy atom. The zero-order valence-electron chi connectivity index (χ0n) is 9.56. The van der Waals surface area contributed by atoms with Crippen molar-refractivity contribution in [2.24, 2.45) is 5.73 Å². The van der Waals surface area contributed by atoms with Crippen LogP contribution in [-0.2, 0) is 4.79 Å². The van der Waals surface area contributed by atoms with E-state index in [9.17, 15) is 4.79 Å². The van der Waals surface area contributed by atoms with Gasteiger partial charge in [0.2, 0.25) is 0 Å². The maximum Gasteiger partial charge on any atom is 0.303 e. The van der Waals surface area contributed by atoms with E-state index >= 15 is 0 Å². The van der Waals surface area contributed by atoms with Gasteiger partial charge in [-0.05, 0) is 36.8 Å². The van der Waals surface area contributed by atoms with Crippen LogP contribution < -0.4 is 5.73 Å². The summed E-state index contributed by atoms with van der Waals surface area (Å²) in [6.45, 7) is 2.03. The minimum absolute atomic E-state index is 0.114. The first kappa shape index (κ1) is 13.1. The van der Waals surface area contributed by atoms with Crippen LogP contribution in [0.15, 0.2) is 23.1 Å². The lowest BCUT2D eigenvalue weighted by molar-refractivity contribution is -0.137. The van der Waals surface area contributed by atoms with Crippen LogP contribution in [-0.4, -0.2) is 17.3 Å². The van der Waals surface area contributed by atoms with Crippen LogP contribution in [0.5, 0.6) is 0 Å². The fourth-order valence-corrected chi connectivity index (χ4v) is 2.32. The van der Waals surface area contributed by atoms with Crippen LogP contribution in [0.4, 0.5) is 0 Å². The first-order valence-corrected chi connectivity index (χ1v) is 6.39. The summed E-state index contributed by atoms with van der Waals surface area (Å²) < 4.78 is 0. The van der Waals surface area contributed by atoms with Gasteiger partial charge in [0.15, 0.2) is 0 Å². The molecule has 0 saturated carbocycles. The molecule has 0 bridgehead atoms. The average Bonchev–Trinajstić information content (AvgIpc) is 2.25. The maximum atomic E-state index is 10.5. The summed E-state index contributed by atoms with van der Waals surface area (Å²) in [5, 5.41) is 8.62. The molecule has 1 aromatic carbocycles. The number of hydrogen-bond donors (Lipinski definition) is 2. The number of aliphatic carboxylic acids is 1. The molecule has 0 amide bonds. The van der Waals surface area contributed by atoms with Crippen molar-refractivity contribution in [3.05, 3.63) is 29.3 Å². The van der Waals surface area contributed by atoms with Crippen molar-refractivity contribution in [2.45, 2.75) is 30.7 Å². The molecular formula is C12H17NO2S. The van der Waals surface area contributed by atoms with Crippen molar-refractivity contribution in [1.29, 1.82) is 0 Å². The van der Waals surface area contributed by atoms with Gasteiger partial charge < -0.3 is 10.8 Å². The van der Waals surface area contributed by atoms with Crippen LogP contribution in [0.3, 0.4) is 0 Å². The molecule has 0 saturated heterocycles. The second-order valence-corrected chi connectivity index (χ2v) is 4.63. The molecule has 1 unspecified atom stereocenters. The number of hydrogen-bond acceptors (Lipinski definition) is 3. The topological polar surface area (TPSA) is 63.3 Å². The first-order valence-electron chi connectivity index (χ1n) is 5.16. The molecule has 3 nitrogen and oxygen atoms in total. The Morgan fingerprint density at radius 1 is 1.56 bits per heavy atom. The molecule has 88 valence electrons. The van der Waals surface area contributed by atoms with E-state index in [4.69, 9.17) is 10.8 Å². The minimum atomic E-state index is -0.798. The fourth-order valence-electron chi connectivity index (χ4n) is 1.56. The quantitative estimate of drug-likeness (QED) is 0.775. The van der Waals surface area contributed by atoms with Crippen molar-refractivity contribution in [1.82, 2.24) is 0 Å². The maximum absolute atomic E-state index is 10.5. The van der Waals surface area contributed by atoms with Crippen LogP contribution in [0.2, 0.25) is 0 Å². The molecule has 1 aromatic rings. The summed E-state index contributed by atoms with van der Waals surface area (Å²) in [4.78, 5) is 11.6. The van der Waals surface area contributed by atoms with Crippen molar-refractivity contribution < 1.29 is 9.90 Å². The van der Waals surface area contributed by atoms with E-state index in [1.165, 1.54) is 5.56 Å². The van der Waals surface area contributed by atoms with Crippen LogP contribution in [0, 0.1) is 6.92 Å². The molecule has 4 heteroatoms. The molecular weight excluding hydrogens is 222 g/mol. The Bertz CT molecular complexity index is 379. The Kier molecular flexibility index (Phi) is 4.83. The van der Waals surface area contributed by atoms with Gasteiger partial charge in [-0.1, -0.05) is 12.1 Å². The van der Waals surface area contributed by atoms with Crippen molar-refractivity contribution in [2.75, 3.05) is 6.26 Å². The molecule has 0 aliphatic carbocycles. The predicted molar refractivity (Wildman–Crippen MR) is 66.8 cm³/mol. The van der Waals surface area contributed by atoms with Crippen LogP contribution in [0.25, 0.3) is 0 Å². The van der Waals surface area contributed by atoms with Gasteiger partial charge >= 0.3 is 5.97 Å². The predicted octanol–water partition coefficient (Wildman–Crippen LogP) is 2.58. The molecule has 0 aliphatic rings. The second kappa shape index (κ2) is 5.92. The van der Waals surface area contributed by atoms with E-state index in [-0.39, 0.29) is 12.5 Å². The van der Waals surface area contributed by atoms with E-state index < -0.39 is 5.97 Å². The highest BCUT2D eigenvalue weighted by atomic mass is 32.2. The lowest BCUT2D eigenvalue weighted by Crippen LogP contribution is -2.13. The molecule has 0 fully saturated rings. The number of carboxylic acids is 1. The lowest BCUT2D eigenvalue weighted by atomic mass is 10.0. The van der Waals surface area contributed by atoms with Gasteiger partial charge in [0, 0.05) is 17.4 Å². The van der Waals surface area contributed by atoms with Crippen LogP contribution >= 0.6 is 11.8 Å². The lowest BCUT2D eigenvalue weighted by Gasteiger charge is -2.15. The number of carboxylic acid groups (broad SMARTS) is 1. The highest BCUT2D eigenvalue weighted by molar-refractivity contribution is 7.98. The Hall–Kier alpha value is -1.00. The molecule has 0 heterocycles. The summed E-state index contributed by atoms with van der Waals surface area (Å²) in [6.07, 6.45) is 2.59. The summed E-state index contributed by atoms with van der Waals surface area (Å²) in [6, 6.07) is 5.89. The third-order valence-electron chi connectivity index (χ3n) is 2.46. The summed E-state index contributed by atoms with van der Waals surface area (Å²) in [5.74, 6) is -0.798. The number of aryl methyl sites for hydroxylation is 1. The molecule has 0 aromatic heterocycles. The van der Waals surface area contributed by atoms with E-state index in [0.29, 0.717) is 6.42 Å². The van der Waals surface area contributed by atoms with E-state index in [2.05, 4.69) is 6.07 Å². The minimum Gasteiger partial charge on any atom is -0.481 e. The van der Waals surface area contributed by atoms with Gasteiger partial charge in [0.05, 0.1) is 0 Å². The number of carbonyl (C=O) groups is 1. The Balaban J connectivity index is 2.81. The second-order valence-electron chi connectivity index (χ2n) is 3.78. The standard InChI is InChI=1S/C12H17NO2S/c1-8-3-4-9(11(7-8)16-2)10(13)5-6-12(14)15/h3-4,7,10H,5-6,13H2,1-2H3,(H,14,15). The normalized spacial score (nSPS) is 12.4. The monoisotopic (exact) mass is 239 g/mol. The summed E-state index contributed by atoms with van der Waals surface area (Å²) in [5.41, 5.74) is 8.23. The smallest absolute Gasteiger partial charge is 0.303 e. The molecule has 0 aliphatic heterocycles. The number of rotatable bonds is 5. The first-order chi connectivity index (χ1) is 7.54. The Morgan fingerprint density at radius 3 is 2.81 bits per heavy atom. The van der Waals surface area contributed by atoms with Crippen LogP contribution in [0.1, 0.15) is 30.0 Å². The molecule has 0 radical (unpaired) electrons. The van der Waals surface area contributed by atoms with E-state index in [0.717, 1.165) is 10.5 Å². The summed E-state index contributed by atoms with van der Waals surface area (Å²) in [7, 11) is 0. The average molecular weight is 239 g/mol. The van der Waals surface area contributed by atoms with Gasteiger partial charge in [-0.25, -0.2) is 0 Å². The van der Waals surface area contributed by atoms with Gasteiger partial charge in [0.25, 0.3) is 0 Å². The molecule has 1 rings (SSSR count).